The van der Waals surface area contributed by atoms with Crippen LogP contribution in [0.4, 0.5) is 13.2 Å². The number of halogens is 3. The van der Waals surface area contributed by atoms with Crippen LogP contribution in [0.1, 0.15) is 24.8 Å². The van der Waals surface area contributed by atoms with Crippen LogP contribution in [-0.4, -0.2) is 35.6 Å². The largest absolute Gasteiger partial charge is 0.406 e. The Labute approximate surface area is 115 Å². The standard InChI is InChI=1S/C14H17F3N2O/c1-9-11(10-5-3-2-4-6-10)7-12(18)13(20)19(9)8-14(15,16)17/h2-6,9,11-12H,7-8,18H2,1H3/p+1/t9-,11-,12+/m1/s1. The van der Waals surface area contributed by atoms with Crippen LogP contribution >= 0.6 is 0 Å². The summed E-state index contributed by atoms with van der Waals surface area (Å²) in [6.07, 6.45) is -3.90. The fourth-order valence-electron chi connectivity index (χ4n) is 2.79. The number of piperidine rings is 1. The molecule has 0 spiro atoms. The molecule has 1 heterocycles. The molecule has 1 aliphatic heterocycles. The summed E-state index contributed by atoms with van der Waals surface area (Å²) in [5.74, 6) is -0.624. The first-order valence-corrected chi connectivity index (χ1v) is 6.55. The van der Waals surface area contributed by atoms with Crippen molar-refractivity contribution < 1.29 is 23.7 Å². The maximum Gasteiger partial charge on any atom is 0.406 e. The van der Waals surface area contributed by atoms with E-state index in [9.17, 15) is 18.0 Å². The van der Waals surface area contributed by atoms with E-state index in [1.54, 1.807) is 6.92 Å². The van der Waals surface area contributed by atoms with Gasteiger partial charge < -0.3 is 10.6 Å². The number of rotatable bonds is 2. The van der Waals surface area contributed by atoms with Crippen molar-refractivity contribution in [2.45, 2.75) is 37.5 Å². The van der Waals surface area contributed by atoms with Gasteiger partial charge in [0.1, 0.15) is 6.54 Å². The molecule has 3 N–H and O–H groups in total. The Kier molecular flexibility index (Phi) is 4.04. The van der Waals surface area contributed by atoms with Crippen molar-refractivity contribution >= 4 is 5.91 Å². The molecule has 1 saturated heterocycles. The number of hydrogen-bond acceptors (Lipinski definition) is 1. The summed E-state index contributed by atoms with van der Waals surface area (Å²) in [5, 5.41) is 0. The molecule has 0 bridgehead atoms. The van der Waals surface area contributed by atoms with Crippen LogP contribution in [0.2, 0.25) is 0 Å². The molecule has 2 rings (SSSR count). The summed E-state index contributed by atoms with van der Waals surface area (Å²) in [7, 11) is 0. The molecule has 3 nitrogen and oxygen atoms in total. The molecule has 1 aromatic carbocycles. The number of hydrogen-bond donors (Lipinski definition) is 1. The van der Waals surface area contributed by atoms with E-state index < -0.39 is 30.7 Å². The Bertz CT molecular complexity index is 475. The van der Waals surface area contributed by atoms with Crippen molar-refractivity contribution in [1.82, 2.24) is 4.90 Å². The third kappa shape index (κ3) is 3.12. The molecule has 0 unspecified atom stereocenters. The van der Waals surface area contributed by atoms with Crippen molar-refractivity contribution in [2.24, 2.45) is 0 Å². The molecule has 0 aliphatic carbocycles. The molecule has 20 heavy (non-hydrogen) atoms. The molecule has 0 radical (unpaired) electrons. The smallest absolute Gasteiger partial charge is 0.347 e. The van der Waals surface area contributed by atoms with Crippen molar-refractivity contribution in [3.63, 3.8) is 0 Å². The van der Waals surface area contributed by atoms with Crippen LogP contribution in [-0.2, 0) is 4.79 Å². The van der Waals surface area contributed by atoms with Gasteiger partial charge in [-0.3, -0.25) is 4.79 Å². The van der Waals surface area contributed by atoms with Gasteiger partial charge in [0.05, 0.1) is 0 Å². The number of alkyl halides is 3. The van der Waals surface area contributed by atoms with Crippen LogP contribution in [0.25, 0.3) is 0 Å². The van der Waals surface area contributed by atoms with Crippen molar-refractivity contribution in [1.29, 1.82) is 0 Å². The summed E-state index contributed by atoms with van der Waals surface area (Å²) >= 11 is 0. The molecule has 1 aromatic rings. The van der Waals surface area contributed by atoms with E-state index in [-0.39, 0.29) is 5.92 Å². The average Bonchev–Trinajstić information content (AvgIpc) is 2.39. The number of nitrogens with zero attached hydrogens (tertiary/aromatic N) is 1. The van der Waals surface area contributed by atoms with E-state index in [2.05, 4.69) is 5.73 Å². The van der Waals surface area contributed by atoms with Gasteiger partial charge in [-0.15, -0.1) is 0 Å². The Morgan fingerprint density at radius 1 is 1.30 bits per heavy atom. The molecular formula is C14H18F3N2O+. The zero-order chi connectivity index (χ0) is 14.9. The van der Waals surface area contributed by atoms with Gasteiger partial charge in [0.2, 0.25) is 0 Å². The van der Waals surface area contributed by atoms with E-state index >= 15 is 0 Å². The van der Waals surface area contributed by atoms with Gasteiger partial charge in [0.15, 0.2) is 6.04 Å². The van der Waals surface area contributed by atoms with Gasteiger partial charge in [-0.05, 0) is 12.5 Å². The van der Waals surface area contributed by atoms with Gasteiger partial charge in [0.25, 0.3) is 5.91 Å². The maximum absolute atomic E-state index is 12.6. The fourth-order valence-corrected chi connectivity index (χ4v) is 2.79. The topological polar surface area (TPSA) is 48.0 Å². The van der Waals surface area contributed by atoms with E-state index in [0.717, 1.165) is 10.5 Å². The van der Waals surface area contributed by atoms with Gasteiger partial charge >= 0.3 is 6.18 Å². The summed E-state index contributed by atoms with van der Waals surface area (Å²) in [6.45, 7) is 0.468. The predicted molar refractivity (Wildman–Crippen MR) is 67.7 cm³/mol. The lowest BCUT2D eigenvalue weighted by Crippen LogP contribution is -2.72. The first kappa shape index (κ1) is 14.8. The number of quaternary nitrogens is 1. The highest BCUT2D eigenvalue weighted by molar-refractivity contribution is 5.82. The summed E-state index contributed by atoms with van der Waals surface area (Å²) in [6, 6.07) is 8.22. The van der Waals surface area contributed by atoms with Crippen LogP contribution < -0.4 is 5.73 Å². The minimum Gasteiger partial charge on any atom is -0.347 e. The summed E-state index contributed by atoms with van der Waals surface area (Å²) < 4.78 is 37.9. The lowest BCUT2D eigenvalue weighted by Gasteiger charge is -2.40. The van der Waals surface area contributed by atoms with Crippen molar-refractivity contribution in [3.8, 4) is 0 Å². The van der Waals surface area contributed by atoms with E-state index in [1.165, 1.54) is 0 Å². The zero-order valence-corrected chi connectivity index (χ0v) is 11.2. The van der Waals surface area contributed by atoms with Crippen LogP contribution in [0.3, 0.4) is 0 Å². The highest BCUT2D eigenvalue weighted by atomic mass is 19.4. The van der Waals surface area contributed by atoms with Gasteiger partial charge in [0, 0.05) is 18.4 Å². The Hall–Kier alpha value is -1.56. The highest BCUT2D eigenvalue weighted by Crippen LogP contribution is 2.33. The fraction of sp³-hybridized carbons (Fsp3) is 0.500. The molecule has 0 aromatic heterocycles. The zero-order valence-electron chi connectivity index (χ0n) is 11.2. The number of carbonyl (C=O) groups excluding carboxylic acids is 1. The molecule has 110 valence electrons. The minimum atomic E-state index is -4.39. The van der Waals surface area contributed by atoms with Gasteiger partial charge in [-0.2, -0.15) is 13.2 Å². The third-order valence-electron chi connectivity index (χ3n) is 3.82. The number of amides is 1. The molecule has 1 fully saturated rings. The normalized spacial score (nSPS) is 27.8. The number of benzene rings is 1. The Morgan fingerprint density at radius 2 is 1.90 bits per heavy atom. The Morgan fingerprint density at radius 3 is 2.45 bits per heavy atom. The van der Waals surface area contributed by atoms with E-state index in [0.29, 0.717) is 6.42 Å². The molecule has 1 aliphatic rings. The second-order valence-electron chi connectivity index (χ2n) is 5.27. The molecular weight excluding hydrogens is 269 g/mol. The summed E-state index contributed by atoms with van der Waals surface area (Å²) in [5.41, 5.74) is 4.66. The first-order valence-electron chi connectivity index (χ1n) is 6.55. The molecule has 6 heteroatoms. The van der Waals surface area contributed by atoms with Crippen molar-refractivity contribution in [2.75, 3.05) is 6.54 Å². The SMILES string of the molecule is C[C@@H]1[C@H](c2ccccc2)C[C@H]([NH3+])C(=O)N1CC(F)(F)F. The average molecular weight is 287 g/mol. The highest BCUT2D eigenvalue weighted by Gasteiger charge is 2.45. The van der Waals surface area contributed by atoms with Crippen molar-refractivity contribution in [3.05, 3.63) is 35.9 Å². The molecule has 3 atom stereocenters. The minimum absolute atomic E-state index is 0.112. The first-order chi connectivity index (χ1) is 9.29. The predicted octanol–water partition coefficient (Wildman–Crippen LogP) is 1.56. The Balaban J connectivity index is 2.26. The summed E-state index contributed by atoms with van der Waals surface area (Å²) in [4.78, 5) is 12.9. The van der Waals surface area contributed by atoms with Gasteiger partial charge in [-0.1, -0.05) is 30.3 Å². The number of likely N-dealkylation sites (tertiary alicyclic amines) is 1. The second-order valence-corrected chi connectivity index (χ2v) is 5.27. The lowest BCUT2D eigenvalue weighted by atomic mass is 9.82. The van der Waals surface area contributed by atoms with E-state index in [1.807, 2.05) is 30.3 Å². The third-order valence-corrected chi connectivity index (χ3v) is 3.82. The second kappa shape index (κ2) is 5.44. The number of carbonyl (C=O) groups is 1. The molecule has 1 amide bonds. The van der Waals surface area contributed by atoms with E-state index in [4.69, 9.17) is 0 Å². The van der Waals surface area contributed by atoms with Crippen LogP contribution in [0.5, 0.6) is 0 Å². The maximum atomic E-state index is 12.6. The monoisotopic (exact) mass is 287 g/mol. The lowest BCUT2D eigenvalue weighted by molar-refractivity contribution is -0.412. The van der Waals surface area contributed by atoms with Crippen LogP contribution in [0.15, 0.2) is 30.3 Å². The van der Waals surface area contributed by atoms with Crippen LogP contribution in [0, 0.1) is 0 Å². The quantitative estimate of drug-likeness (QED) is 0.881. The van der Waals surface area contributed by atoms with Gasteiger partial charge in [-0.25, -0.2) is 0 Å². The molecule has 0 saturated carbocycles.